The Morgan fingerprint density at radius 1 is 0.403 bits per heavy atom. The van der Waals surface area contributed by atoms with E-state index >= 15 is 0 Å². The van der Waals surface area contributed by atoms with Gasteiger partial charge in [0.1, 0.15) is 63.9 Å². The smallest absolute Gasteiger partial charge is 0.206 e. The van der Waals surface area contributed by atoms with Gasteiger partial charge in [-0.25, -0.2) is 47.5 Å². The molecule has 16 N–H and O–H groups in total. The second-order valence-electron chi connectivity index (χ2n) is 36.4. The monoisotopic (exact) mass is 1970 g/mol. The summed E-state index contributed by atoms with van der Waals surface area (Å²) < 4.78 is 20.1. The highest BCUT2D eigenvalue weighted by Gasteiger charge is 2.30. The number of nitrogens with two attached hydrogens (primary N) is 3. The van der Waals surface area contributed by atoms with Gasteiger partial charge in [-0.1, -0.05) is 41.9 Å². The first-order chi connectivity index (χ1) is 70.2. The summed E-state index contributed by atoms with van der Waals surface area (Å²) in [5, 5.41) is 73.1. The van der Waals surface area contributed by atoms with Gasteiger partial charge >= 0.3 is 0 Å². The summed E-state index contributed by atoms with van der Waals surface area (Å²) in [5.41, 5.74) is 32.6. The predicted molar refractivity (Wildman–Crippen MR) is 567 cm³/mol. The Balaban J connectivity index is 0.000000124. The molecule has 21 rings (SSSR count). The highest BCUT2D eigenvalue weighted by atomic mass is 35.5. The minimum absolute atomic E-state index is 0.0127. The third-order valence-corrected chi connectivity index (χ3v) is 26.4. The summed E-state index contributed by atoms with van der Waals surface area (Å²) in [7, 11) is 0. The molecule has 0 bridgehead atoms. The molecule has 6 saturated heterocycles. The van der Waals surface area contributed by atoms with E-state index in [-0.39, 0.29) is 59.4 Å². The van der Waals surface area contributed by atoms with Gasteiger partial charge < -0.3 is 98.6 Å². The van der Waals surface area contributed by atoms with Crippen molar-refractivity contribution >= 4 is 154 Å². The number of nitrogens with zero attached hydrogens (tertiary/aromatic N) is 20. The standard InChI is InChI=1S/C22H28N6O2.C21H27N7O2.C21H24N6O2.C20H23ClN6O.C20H24N6O/c1-16-14-18(17(15-20(16)30)23-8-13-29)25-21-19-6-2-3-11-28(19)26-22(21)24-7-12-27-9-4-5-10-27;22-15-13-16(23)19(30-12-11-29)14-17(15)25-20-18-5-1-2-9-28(18)26-21(20)24-6-10-27-7-3-4-8-27;28-18-13-16-19(29-12-7-22-16)14-15(18)24-20-17-5-1-2-10-27(17)25-21(20)23-6-11-26-8-3-4-9-26;1-13-12-14(17(22)16(21)19(13)28)24-18-15-6-2-3-10-27(15)25-20(18)23-7-11-26-8-4-5-9-26;1-14-12-16(15(21)13-18(14)27)23-19-17-6-2-3-10-26(17)24-20(19)22-7-11-25-8-4-5-9-25/h2-3,6,11,14-15,23,29H,4-5,7-10,12-13H2,1H3,(H,24,26);1-2,5,9,13-14,22,29H,3-4,6-8,10-12,23H2,(H,24,26);1-2,5,10,13-14,22H,3-4,6-9,11-12H2,(H,23,25);2-3,6,10,12H,4-5,7-9,11,22H2,1H3,(H,23,25);2-3,6,10,12-13H,4-5,7-9,11,21H2,1H3,(H,22,24). The van der Waals surface area contributed by atoms with Crippen molar-refractivity contribution in [3.8, 4) is 0 Å². The van der Waals surface area contributed by atoms with Crippen LogP contribution in [0.3, 0.4) is 0 Å². The molecule has 0 atom stereocenters. The second kappa shape index (κ2) is 48.3. The number of hydrogen-bond acceptors (Lipinski definition) is 34. The molecule has 11 aliphatic rings. The van der Waals surface area contributed by atoms with Crippen LogP contribution in [0.1, 0.15) is 85.0 Å². The van der Waals surface area contributed by atoms with Gasteiger partial charge in [0.15, 0.2) is 40.7 Å². The molecule has 0 radical (unpaired) electrons. The van der Waals surface area contributed by atoms with Crippen molar-refractivity contribution < 1.29 is 38.9 Å². The SMILES string of the molecule is CC1=CC(=Nc2c(NCCN3CCCC3)nn3ccccc23)C(N)=C(Cl)C1=O.CC1=CC(=Nc2c(NCCN3CCCC3)nn3ccccc23)C(N)=CC1=O.CC1=CC(=Nc2c(NCCN3CCCC3)nn3ccccc23)C(NCCO)=CC1=O.N=C1C=C(N)C(OCCO)=CC1=Nc1c(NCCN2CCCC2)nn2ccccc12.O=C1C=C2NCCOC2=CC1=Nc1c(NCCN2CCCC2)nn2ccccc12. The van der Waals surface area contributed by atoms with E-state index in [1.807, 2.05) is 131 Å². The van der Waals surface area contributed by atoms with Crippen LogP contribution in [0.15, 0.2) is 263 Å². The van der Waals surface area contributed by atoms with Gasteiger partial charge in [-0.3, -0.25) is 24.6 Å². The van der Waals surface area contributed by atoms with Gasteiger partial charge in [0.05, 0.1) is 97.8 Å². The molecule has 0 amide bonds. The number of carbonyl (C=O) groups excluding carboxylic acids is 4. The number of pyridine rings is 5. The number of rotatable bonds is 31. The molecule has 144 heavy (non-hydrogen) atoms. The van der Waals surface area contributed by atoms with E-state index in [4.69, 9.17) is 73.8 Å². The molecule has 40 heteroatoms. The zero-order chi connectivity index (χ0) is 100.0. The highest BCUT2D eigenvalue weighted by molar-refractivity contribution is 6.51. The minimum atomic E-state index is -0.262. The van der Waals surface area contributed by atoms with Crippen molar-refractivity contribution in [1.82, 2.24) is 83.2 Å². The topological polar surface area (TPSA) is 478 Å². The summed E-state index contributed by atoms with van der Waals surface area (Å²) in [6.07, 6.45) is 36.7. The van der Waals surface area contributed by atoms with Crippen molar-refractivity contribution in [2.45, 2.75) is 85.0 Å². The number of Topliss-reactive ketones (excluding diaryl/α,β-unsaturated/α-hetero) is 1. The van der Waals surface area contributed by atoms with Gasteiger partial charge in [0.25, 0.3) is 0 Å². The molecule has 6 aliphatic heterocycles. The lowest BCUT2D eigenvalue weighted by Crippen LogP contribution is -2.31. The van der Waals surface area contributed by atoms with E-state index in [9.17, 15) is 24.3 Å². The molecule has 0 aromatic carbocycles. The van der Waals surface area contributed by atoms with E-state index in [1.165, 1.54) is 95.5 Å². The number of ketones is 4. The maximum absolute atomic E-state index is 12.6. The first-order valence-electron chi connectivity index (χ1n) is 49.6. The summed E-state index contributed by atoms with van der Waals surface area (Å²) in [6.45, 7) is 27.2. The fraction of sp³-hybridized carbons (Fsp3) is 0.375. The van der Waals surface area contributed by atoms with Crippen molar-refractivity contribution in [3.63, 3.8) is 0 Å². The van der Waals surface area contributed by atoms with Crippen LogP contribution in [0, 0.1) is 5.41 Å². The number of fused-ring (bicyclic) bond motifs is 6. The van der Waals surface area contributed by atoms with E-state index in [2.05, 4.69) is 87.2 Å². The van der Waals surface area contributed by atoms with Crippen LogP contribution in [0.25, 0.3) is 27.6 Å². The number of nitrogens with one attached hydrogen (secondary N) is 8. The second-order valence-corrected chi connectivity index (χ2v) is 36.8. The molecular weight excluding hydrogens is 1850 g/mol. The lowest BCUT2D eigenvalue weighted by atomic mass is 10.0. The summed E-state index contributed by atoms with van der Waals surface area (Å²) in [6, 6.07) is 29.2. The average Bonchev–Trinajstić information content (AvgIpc) is 1.50. The van der Waals surface area contributed by atoms with Crippen LogP contribution in [0.4, 0.5) is 57.5 Å². The first-order valence-corrected chi connectivity index (χ1v) is 50.0. The number of allylic oxidation sites excluding steroid dienone is 13. The fourth-order valence-electron chi connectivity index (χ4n) is 18.3. The van der Waals surface area contributed by atoms with Crippen LogP contribution >= 0.6 is 11.6 Å². The average molecular weight is 1970 g/mol. The van der Waals surface area contributed by atoms with E-state index in [0.717, 1.165) is 174 Å². The van der Waals surface area contributed by atoms with Crippen molar-refractivity contribution in [3.05, 3.63) is 238 Å². The number of aliphatic imine (C=N–C) groups is 5. The van der Waals surface area contributed by atoms with Crippen LogP contribution < -0.4 is 54.4 Å². The zero-order valence-corrected chi connectivity index (χ0v) is 82.4. The Hall–Kier alpha value is -14.8. The maximum Gasteiger partial charge on any atom is 0.206 e. The minimum Gasteiger partial charge on any atom is -0.490 e. The molecule has 0 saturated carbocycles. The van der Waals surface area contributed by atoms with Gasteiger partial charge in [0, 0.05) is 145 Å². The summed E-state index contributed by atoms with van der Waals surface area (Å²) >= 11 is 6.10. The largest absolute Gasteiger partial charge is 0.490 e. The fourth-order valence-corrected chi connectivity index (χ4v) is 18.5. The maximum atomic E-state index is 12.6. The molecule has 5 aliphatic carbocycles. The lowest BCUT2D eigenvalue weighted by molar-refractivity contribution is -0.112. The van der Waals surface area contributed by atoms with Crippen LogP contribution in [0.5, 0.6) is 0 Å². The van der Waals surface area contributed by atoms with Gasteiger partial charge in [-0.05, 0) is 247 Å². The molecule has 39 nitrogen and oxygen atoms in total. The predicted octanol–water partition coefficient (Wildman–Crippen LogP) is 10.6. The third-order valence-electron chi connectivity index (χ3n) is 26.0. The number of halogens is 1. The molecule has 16 heterocycles. The number of aliphatic hydroxyl groups is 2. The number of likely N-dealkylation sites (tertiary alicyclic amines) is 5. The molecule has 6 fully saturated rings. The first kappa shape index (κ1) is 101. The number of anilines is 5. The number of ether oxygens (including phenoxy) is 2. The molecule has 752 valence electrons. The Labute approximate surface area is 839 Å². The molecule has 0 unspecified atom stereocenters. The Morgan fingerprint density at radius 3 is 1.16 bits per heavy atom. The van der Waals surface area contributed by atoms with Crippen LogP contribution in [-0.2, 0) is 28.7 Å². The molecule has 0 spiro atoms. The van der Waals surface area contributed by atoms with Crippen LogP contribution in [0.2, 0.25) is 0 Å². The highest BCUT2D eigenvalue weighted by Crippen LogP contribution is 2.38. The van der Waals surface area contributed by atoms with E-state index in [0.29, 0.717) is 128 Å². The van der Waals surface area contributed by atoms with Gasteiger partial charge in [-0.2, -0.15) is 0 Å². The molecular formula is C104H126ClN31O8. The number of hydrogen-bond donors (Lipinski definition) is 13. The Bertz CT molecular complexity index is 6930. The van der Waals surface area contributed by atoms with Crippen molar-refractivity contribution in [1.29, 1.82) is 5.41 Å². The Kier molecular flexibility index (Phi) is 33.8. The number of aliphatic hydroxyl groups excluding tert-OH is 2. The number of carbonyl (C=O) groups is 4. The normalized spacial score (nSPS) is 19.5. The van der Waals surface area contributed by atoms with E-state index in [1.54, 1.807) is 70.8 Å². The summed E-state index contributed by atoms with van der Waals surface area (Å²) in [4.78, 5) is 84.6. The molecule has 10 aromatic rings. The van der Waals surface area contributed by atoms with Gasteiger partial charge in [-0.15, -0.1) is 25.5 Å². The zero-order valence-electron chi connectivity index (χ0n) is 81.6. The number of morpholine rings is 1. The quantitative estimate of drug-likeness (QED) is 0.0142. The van der Waals surface area contributed by atoms with Crippen molar-refractivity contribution in [2.75, 3.05) is 197 Å². The third kappa shape index (κ3) is 25.1. The number of aromatic nitrogens is 10. The van der Waals surface area contributed by atoms with Crippen LogP contribution in [-0.4, -0.2) is 311 Å². The summed E-state index contributed by atoms with van der Waals surface area (Å²) in [5.74, 6) is 4.02. The van der Waals surface area contributed by atoms with E-state index < -0.39 is 0 Å². The molecule has 10 aromatic heterocycles. The van der Waals surface area contributed by atoms with Crippen molar-refractivity contribution in [2.24, 2.45) is 42.2 Å². The Morgan fingerprint density at radius 2 is 0.764 bits per heavy atom. The van der Waals surface area contributed by atoms with Gasteiger partial charge in [0.2, 0.25) is 11.6 Å². The lowest BCUT2D eigenvalue weighted by Gasteiger charge is -2.23.